The van der Waals surface area contributed by atoms with E-state index in [1.807, 2.05) is 0 Å². The minimum atomic E-state index is 0.769. The van der Waals surface area contributed by atoms with E-state index in [4.69, 9.17) is 0 Å². The number of hydrogen-bond donors (Lipinski definition) is 0. The van der Waals surface area contributed by atoms with Crippen molar-refractivity contribution in [1.29, 1.82) is 0 Å². The third-order valence-electron chi connectivity index (χ3n) is 6.49. The van der Waals surface area contributed by atoms with Crippen molar-refractivity contribution in [3.8, 4) is 0 Å². The van der Waals surface area contributed by atoms with Crippen LogP contribution in [0.2, 0.25) is 0 Å². The molecule has 0 spiro atoms. The number of allylic oxidation sites excluding steroid dienone is 22. The van der Waals surface area contributed by atoms with Gasteiger partial charge in [-0.1, -0.05) is 171 Å². The maximum Gasteiger partial charge on any atom is -0.0285 e. The molecule has 0 aliphatic carbocycles. The van der Waals surface area contributed by atoms with Gasteiger partial charge in [0.2, 0.25) is 0 Å². The summed E-state index contributed by atoms with van der Waals surface area (Å²) in [4.78, 5) is 0. The second-order valence-corrected chi connectivity index (χ2v) is 12.0. The molecule has 0 heterocycles. The Bertz CT molecular complexity index is 1030. The minimum Gasteiger partial charge on any atom is -0.0856 e. The third kappa shape index (κ3) is 25.4. The van der Waals surface area contributed by atoms with Crippen LogP contribution in [-0.4, -0.2) is 0 Å². The van der Waals surface area contributed by atoms with E-state index in [1.165, 1.54) is 59.1 Å². The molecule has 0 aliphatic heterocycles. The summed E-state index contributed by atoms with van der Waals surface area (Å²) in [5.74, 6) is 1.59. The summed E-state index contributed by atoms with van der Waals surface area (Å²) in [6, 6.07) is 0. The summed E-state index contributed by atoms with van der Waals surface area (Å²) < 4.78 is 0. The van der Waals surface area contributed by atoms with Gasteiger partial charge in [0.1, 0.15) is 0 Å². The average Bonchev–Trinajstić information content (AvgIpc) is 2.86. The first-order chi connectivity index (χ1) is 19.0. The molecule has 0 rings (SSSR count). The Hall–Kier alpha value is -2.86. The summed E-state index contributed by atoms with van der Waals surface area (Å²) >= 11 is 0. The predicted octanol–water partition coefficient (Wildman–Crippen LogP) is 13.1. The second kappa shape index (κ2) is 24.0. The fourth-order valence-corrected chi connectivity index (χ4v) is 3.85. The highest BCUT2D eigenvalue weighted by molar-refractivity contribution is 5.32. The van der Waals surface area contributed by atoms with Crippen molar-refractivity contribution in [1.82, 2.24) is 0 Å². The molecule has 220 valence electrons. The van der Waals surface area contributed by atoms with Crippen LogP contribution in [0.25, 0.3) is 0 Å². The van der Waals surface area contributed by atoms with Gasteiger partial charge < -0.3 is 0 Å². The van der Waals surface area contributed by atoms with Gasteiger partial charge in [-0.25, -0.2) is 0 Å². The molecule has 1 unspecified atom stereocenters. The molecule has 0 aromatic heterocycles. The van der Waals surface area contributed by atoms with Crippen molar-refractivity contribution < 1.29 is 0 Å². The standard InChI is InChI=1S/C40H60/c1-33(2)19-13-23-37(7)27-17-31-39(9)29-15-25-35(5)21-11-12-22-36(6)26-16-30-40(10)32-18-28-38(8)24-14-20-34(3)4/h11-12,15-19,21-22,25-27,29-32,34,38H,13-14,20,23-24,28H2,1-10H3/b12-11+,25-15+,26-16+,31-17+,32-18+,35-21+,36-22+,37-27+,39-29+,40-30+. The topological polar surface area (TPSA) is 0 Å². The molecule has 0 radical (unpaired) electrons. The predicted molar refractivity (Wildman–Crippen MR) is 186 cm³/mol. The highest BCUT2D eigenvalue weighted by Gasteiger charge is 2.01. The lowest BCUT2D eigenvalue weighted by Crippen LogP contribution is -1.95. The molecule has 0 bridgehead atoms. The molecule has 0 saturated carbocycles. The molecule has 0 aromatic carbocycles. The van der Waals surface area contributed by atoms with Crippen LogP contribution in [0.5, 0.6) is 0 Å². The van der Waals surface area contributed by atoms with Crippen LogP contribution in [-0.2, 0) is 0 Å². The molecule has 0 N–H and O–H groups in total. The van der Waals surface area contributed by atoms with E-state index in [9.17, 15) is 0 Å². The molecule has 0 saturated heterocycles. The Morgan fingerprint density at radius 1 is 0.550 bits per heavy atom. The first-order valence-corrected chi connectivity index (χ1v) is 15.3. The van der Waals surface area contributed by atoms with Gasteiger partial charge in [-0.05, 0) is 79.6 Å². The van der Waals surface area contributed by atoms with Crippen molar-refractivity contribution in [3.05, 3.63) is 131 Å². The van der Waals surface area contributed by atoms with Gasteiger partial charge in [-0.15, -0.1) is 0 Å². The molecule has 0 nitrogen and oxygen atoms in total. The van der Waals surface area contributed by atoms with Crippen LogP contribution < -0.4 is 0 Å². The monoisotopic (exact) mass is 540 g/mol. The largest absolute Gasteiger partial charge is 0.0856 e. The summed E-state index contributed by atoms with van der Waals surface area (Å²) in [6.45, 7) is 22.1. The van der Waals surface area contributed by atoms with Gasteiger partial charge in [-0.2, -0.15) is 0 Å². The van der Waals surface area contributed by atoms with Crippen molar-refractivity contribution in [2.24, 2.45) is 11.8 Å². The first-order valence-electron chi connectivity index (χ1n) is 15.3. The van der Waals surface area contributed by atoms with Crippen LogP contribution in [0.15, 0.2) is 131 Å². The van der Waals surface area contributed by atoms with Crippen LogP contribution in [0.1, 0.15) is 108 Å². The van der Waals surface area contributed by atoms with Crippen molar-refractivity contribution in [3.63, 3.8) is 0 Å². The molecule has 40 heavy (non-hydrogen) atoms. The molecule has 0 amide bonds. The quantitative estimate of drug-likeness (QED) is 0.120. The van der Waals surface area contributed by atoms with E-state index in [2.05, 4.69) is 166 Å². The maximum atomic E-state index is 2.37. The lowest BCUT2D eigenvalue weighted by atomic mass is 9.97. The average molecular weight is 541 g/mol. The molecular weight excluding hydrogens is 480 g/mol. The summed E-state index contributed by atoms with van der Waals surface area (Å²) in [5.41, 5.74) is 7.79. The van der Waals surface area contributed by atoms with E-state index in [1.54, 1.807) is 0 Å². The molecule has 0 heteroatoms. The molecule has 0 fully saturated rings. The van der Waals surface area contributed by atoms with E-state index < -0.39 is 0 Å². The lowest BCUT2D eigenvalue weighted by Gasteiger charge is -2.09. The zero-order valence-electron chi connectivity index (χ0n) is 27.6. The van der Waals surface area contributed by atoms with Crippen molar-refractivity contribution in [2.75, 3.05) is 0 Å². The number of rotatable bonds is 18. The van der Waals surface area contributed by atoms with Gasteiger partial charge in [0.15, 0.2) is 0 Å². The Labute approximate surface area is 249 Å². The Kier molecular flexibility index (Phi) is 22.3. The van der Waals surface area contributed by atoms with Crippen molar-refractivity contribution >= 4 is 0 Å². The van der Waals surface area contributed by atoms with Gasteiger partial charge in [0.25, 0.3) is 0 Å². The Balaban J connectivity index is 4.59. The fraction of sp³-hybridized carbons (Fsp3) is 0.450. The zero-order chi connectivity index (χ0) is 30.2. The Morgan fingerprint density at radius 2 is 1.02 bits per heavy atom. The fourth-order valence-electron chi connectivity index (χ4n) is 3.85. The van der Waals surface area contributed by atoms with Gasteiger partial charge in [0, 0.05) is 0 Å². The lowest BCUT2D eigenvalue weighted by molar-refractivity contribution is 0.461. The van der Waals surface area contributed by atoms with E-state index in [-0.39, 0.29) is 0 Å². The van der Waals surface area contributed by atoms with E-state index in [0.29, 0.717) is 0 Å². The second-order valence-electron chi connectivity index (χ2n) is 12.0. The van der Waals surface area contributed by atoms with E-state index in [0.717, 1.165) is 24.7 Å². The Morgan fingerprint density at radius 3 is 1.52 bits per heavy atom. The van der Waals surface area contributed by atoms with Gasteiger partial charge >= 0.3 is 0 Å². The summed E-state index contributed by atoms with van der Waals surface area (Å²) in [7, 11) is 0. The number of hydrogen-bond acceptors (Lipinski definition) is 0. The highest BCUT2D eigenvalue weighted by atomic mass is 14.1. The molecule has 0 aliphatic rings. The normalized spacial score (nSPS) is 15.7. The van der Waals surface area contributed by atoms with Gasteiger partial charge in [-0.3, -0.25) is 0 Å². The van der Waals surface area contributed by atoms with Gasteiger partial charge in [0.05, 0.1) is 0 Å². The van der Waals surface area contributed by atoms with Crippen LogP contribution >= 0.6 is 0 Å². The summed E-state index contributed by atoms with van der Waals surface area (Å²) in [6.07, 6.45) is 42.2. The summed E-state index contributed by atoms with van der Waals surface area (Å²) in [5, 5.41) is 0. The van der Waals surface area contributed by atoms with E-state index >= 15 is 0 Å². The van der Waals surface area contributed by atoms with Crippen LogP contribution in [0.3, 0.4) is 0 Å². The first kappa shape index (κ1) is 37.1. The van der Waals surface area contributed by atoms with Crippen LogP contribution in [0.4, 0.5) is 0 Å². The smallest absolute Gasteiger partial charge is 0.0285 e. The van der Waals surface area contributed by atoms with Crippen LogP contribution in [0, 0.1) is 11.8 Å². The third-order valence-corrected chi connectivity index (χ3v) is 6.49. The molecular formula is C40H60. The maximum absolute atomic E-state index is 2.37. The zero-order valence-corrected chi connectivity index (χ0v) is 27.6. The molecule has 1 atom stereocenters. The van der Waals surface area contributed by atoms with Crippen molar-refractivity contribution in [2.45, 2.75) is 108 Å². The minimum absolute atomic E-state index is 0.769. The SMILES string of the molecule is CC(C)=CCC/C(C)=C/C=C/C(C)=C/C=C/C(C)=C/C=C/C=C(C)/C=C/C=C(C)/C=C/CC(C)CCCC(C)C. The molecule has 0 aromatic rings. The highest BCUT2D eigenvalue weighted by Crippen LogP contribution is 2.16.